The molecule has 152 valence electrons. The second kappa shape index (κ2) is 7.93. The Morgan fingerprint density at radius 1 is 1.13 bits per heavy atom. The van der Waals surface area contributed by atoms with Gasteiger partial charge >= 0.3 is 0 Å². The molecule has 1 atom stereocenters. The van der Waals surface area contributed by atoms with Crippen LogP contribution in [0.2, 0.25) is 0 Å². The van der Waals surface area contributed by atoms with Crippen molar-refractivity contribution >= 4 is 23.3 Å². The van der Waals surface area contributed by atoms with Gasteiger partial charge in [-0.15, -0.1) is 0 Å². The maximum absolute atomic E-state index is 9.48. The van der Waals surface area contributed by atoms with E-state index in [9.17, 15) is 5.26 Å². The number of aliphatic imine (C=N–C) groups is 1. The summed E-state index contributed by atoms with van der Waals surface area (Å²) in [7, 11) is 1.61. The number of nitrogens with zero attached hydrogens (tertiary/aromatic N) is 4. The summed E-state index contributed by atoms with van der Waals surface area (Å²) in [6.45, 7) is 0. The molecule has 0 amide bonds. The molecule has 3 aromatic rings. The predicted octanol–water partition coefficient (Wildman–Crippen LogP) is 2.73. The number of nitrogens with one attached hydrogen (secondary N) is 2. The van der Waals surface area contributed by atoms with Crippen LogP contribution in [0.5, 0.6) is 5.75 Å². The second-order valence-electron chi connectivity index (χ2n) is 6.73. The molecule has 1 aromatic heterocycles. The largest absolute Gasteiger partial charge is 0.496 e. The number of hydrogen-bond acceptors (Lipinski definition) is 9. The zero-order chi connectivity index (χ0) is 22.0. The molecule has 0 bridgehead atoms. The molecule has 0 radical (unpaired) electrons. The molecule has 2 aromatic carbocycles. The molecule has 6 N–H and O–H groups in total. The average Bonchev–Trinajstić information content (AvgIpc) is 2.79. The third kappa shape index (κ3) is 3.41. The number of anilines is 3. The van der Waals surface area contributed by atoms with Gasteiger partial charge in [-0.2, -0.15) is 10.5 Å². The highest BCUT2D eigenvalue weighted by molar-refractivity contribution is 5.98. The van der Waals surface area contributed by atoms with Gasteiger partial charge < -0.3 is 21.5 Å². The first-order valence-electron chi connectivity index (χ1n) is 9.29. The summed E-state index contributed by atoms with van der Waals surface area (Å²) in [5, 5.41) is 23.9. The van der Waals surface area contributed by atoms with Gasteiger partial charge in [0.1, 0.15) is 35.1 Å². The van der Waals surface area contributed by atoms with Crippen LogP contribution in [0.4, 0.5) is 17.3 Å². The molecular formula is C22H18N8O. The van der Waals surface area contributed by atoms with Crippen LogP contribution < -0.4 is 26.8 Å². The van der Waals surface area contributed by atoms with Gasteiger partial charge in [-0.05, 0) is 23.3 Å². The van der Waals surface area contributed by atoms with Crippen LogP contribution in [-0.2, 0) is 0 Å². The molecule has 0 saturated heterocycles. The monoisotopic (exact) mass is 410 g/mol. The molecule has 4 rings (SSSR count). The summed E-state index contributed by atoms with van der Waals surface area (Å²) < 4.78 is 5.55. The van der Waals surface area contributed by atoms with E-state index >= 15 is 0 Å². The van der Waals surface area contributed by atoms with Crippen molar-refractivity contribution in [1.29, 1.82) is 10.5 Å². The van der Waals surface area contributed by atoms with Gasteiger partial charge in [-0.1, -0.05) is 36.4 Å². The quantitative estimate of drug-likeness (QED) is 0.379. The predicted molar refractivity (Wildman–Crippen MR) is 118 cm³/mol. The number of pyridine rings is 1. The van der Waals surface area contributed by atoms with Crippen LogP contribution in [0.1, 0.15) is 22.7 Å². The van der Waals surface area contributed by atoms with Gasteiger partial charge in [0, 0.05) is 11.1 Å². The lowest BCUT2D eigenvalue weighted by molar-refractivity contribution is 0.416. The van der Waals surface area contributed by atoms with Crippen molar-refractivity contribution in [2.24, 2.45) is 4.99 Å². The third-order valence-electron chi connectivity index (χ3n) is 4.98. The van der Waals surface area contributed by atoms with Crippen LogP contribution in [0.25, 0.3) is 11.1 Å². The summed E-state index contributed by atoms with van der Waals surface area (Å²) in [6, 6.07) is 16.8. The number of rotatable bonds is 3. The van der Waals surface area contributed by atoms with Gasteiger partial charge in [0.15, 0.2) is 6.19 Å². The Balaban J connectivity index is 1.94. The summed E-state index contributed by atoms with van der Waals surface area (Å²) in [4.78, 5) is 8.88. The third-order valence-corrected chi connectivity index (χ3v) is 4.98. The van der Waals surface area contributed by atoms with Gasteiger partial charge in [-0.3, -0.25) is 5.32 Å². The Hall–Kier alpha value is -4.76. The van der Waals surface area contributed by atoms with Crippen molar-refractivity contribution in [2.75, 3.05) is 23.9 Å². The van der Waals surface area contributed by atoms with E-state index in [2.05, 4.69) is 20.6 Å². The Labute approximate surface area is 178 Å². The van der Waals surface area contributed by atoms with Gasteiger partial charge in [-0.25, -0.2) is 9.98 Å². The van der Waals surface area contributed by atoms with E-state index in [4.69, 9.17) is 21.5 Å². The highest BCUT2D eigenvalue weighted by Crippen LogP contribution is 2.42. The van der Waals surface area contributed by atoms with Crippen LogP contribution >= 0.6 is 0 Å². The van der Waals surface area contributed by atoms with E-state index in [0.717, 1.165) is 16.7 Å². The molecule has 0 aliphatic carbocycles. The Kier molecular flexibility index (Phi) is 5.00. The van der Waals surface area contributed by atoms with Crippen molar-refractivity contribution in [1.82, 2.24) is 10.3 Å². The molecule has 1 unspecified atom stereocenters. The number of ether oxygens (including phenoxy) is 1. The van der Waals surface area contributed by atoms with Crippen LogP contribution in [0.15, 0.2) is 53.5 Å². The van der Waals surface area contributed by atoms with Crippen molar-refractivity contribution < 1.29 is 4.74 Å². The van der Waals surface area contributed by atoms with Gasteiger partial charge in [0.25, 0.3) is 0 Å². The van der Waals surface area contributed by atoms with Crippen LogP contribution in [0.3, 0.4) is 0 Å². The molecule has 2 heterocycles. The molecule has 9 nitrogen and oxygen atoms in total. The minimum absolute atomic E-state index is 0.00270. The number of hydrogen-bond donors (Lipinski definition) is 4. The van der Waals surface area contributed by atoms with E-state index in [1.807, 2.05) is 60.8 Å². The normalized spacial score (nSPS) is 14.3. The molecule has 0 saturated carbocycles. The van der Waals surface area contributed by atoms with Crippen molar-refractivity contribution in [2.45, 2.75) is 6.04 Å². The highest BCUT2D eigenvalue weighted by atomic mass is 16.5. The van der Waals surface area contributed by atoms with Gasteiger partial charge in [0.05, 0.1) is 12.8 Å². The summed E-state index contributed by atoms with van der Waals surface area (Å²) in [5.41, 5.74) is 15.6. The van der Waals surface area contributed by atoms with Crippen LogP contribution in [-0.4, -0.2) is 18.1 Å². The standard InChI is InChI=1S/C22H18N8O/c1-31-16-8-7-13(9-14(16)12-5-3-2-4-6-12)19-17-18(25)15(10-23)20(26)29-21(17)30-22(28-19)27-11-24/h2-9,19H,1H3,(H6,25,26,27,28,29,30). The van der Waals surface area contributed by atoms with E-state index in [0.29, 0.717) is 17.1 Å². The van der Waals surface area contributed by atoms with Crippen molar-refractivity contribution in [3.05, 3.63) is 65.2 Å². The van der Waals surface area contributed by atoms with Crippen molar-refractivity contribution in [3.8, 4) is 29.1 Å². The Bertz CT molecular complexity index is 1270. The lowest BCUT2D eigenvalue weighted by Crippen LogP contribution is -2.32. The van der Waals surface area contributed by atoms with Crippen molar-refractivity contribution in [3.63, 3.8) is 0 Å². The maximum atomic E-state index is 9.48. The van der Waals surface area contributed by atoms with E-state index < -0.39 is 6.04 Å². The molecule has 0 spiro atoms. The van der Waals surface area contributed by atoms with E-state index in [1.54, 1.807) is 7.11 Å². The number of nitrogen functional groups attached to an aromatic ring is 2. The average molecular weight is 410 g/mol. The minimum atomic E-state index is -0.624. The summed E-state index contributed by atoms with van der Waals surface area (Å²) in [5.74, 6) is 1.24. The van der Waals surface area contributed by atoms with Crippen LogP contribution in [0, 0.1) is 22.8 Å². The van der Waals surface area contributed by atoms with E-state index in [1.165, 1.54) is 0 Å². The van der Waals surface area contributed by atoms with Gasteiger partial charge in [0.2, 0.25) is 5.96 Å². The molecule has 9 heteroatoms. The maximum Gasteiger partial charge on any atom is 0.211 e. The second-order valence-corrected chi connectivity index (χ2v) is 6.73. The first-order valence-corrected chi connectivity index (χ1v) is 9.29. The zero-order valence-electron chi connectivity index (χ0n) is 16.5. The molecule has 31 heavy (non-hydrogen) atoms. The molecule has 1 aliphatic rings. The molecule has 0 fully saturated rings. The minimum Gasteiger partial charge on any atom is -0.496 e. The first kappa shape index (κ1) is 19.6. The summed E-state index contributed by atoms with van der Waals surface area (Å²) in [6.07, 6.45) is 1.84. The number of nitrogens with two attached hydrogens (primary N) is 2. The fraction of sp³-hybridized carbons (Fsp3) is 0.0909. The fourth-order valence-corrected chi connectivity index (χ4v) is 3.56. The lowest BCUT2D eigenvalue weighted by Gasteiger charge is -2.26. The molecule has 1 aliphatic heterocycles. The lowest BCUT2D eigenvalue weighted by atomic mass is 9.92. The summed E-state index contributed by atoms with van der Waals surface area (Å²) >= 11 is 0. The smallest absolute Gasteiger partial charge is 0.211 e. The first-order chi connectivity index (χ1) is 15.1. The number of fused-ring (bicyclic) bond motifs is 1. The highest BCUT2D eigenvalue weighted by Gasteiger charge is 2.30. The number of guanidine groups is 1. The number of nitriles is 2. The Morgan fingerprint density at radius 3 is 2.58 bits per heavy atom. The number of aromatic nitrogens is 1. The zero-order valence-corrected chi connectivity index (χ0v) is 16.5. The topological polar surface area (TPSA) is 158 Å². The molecular weight excluding hydrogens is 392 g/mol. The SMILES string of the molecule is COc1ccc(C2N=C(NC#N)Nc3nc(N)c(C#N)c(N)c32)cc1-c1ccccc1. The fourth-order valence-electron chi connectivity index (χ4n) is 3.56. The Morgan fingerprint density at radius 2 is 1.90 bits per heavy atom. The number of methoxy groups -OCH3 is 1. The number of benzene rings is 2. The van der Waals surface area contributed by atoms with E-state index in [-0.39, 0.29) is 23.0 Å².